The zero-order valence-corrected chi connectivity index (χ0v) is 11.5. The van der Waals surface area contributed by atoms with E-state index < -0.39 is 0 Å². The van der Waals surface area contributed by atoms with Gasteiger partial charge in [0.1, 0.15) is 0 Å². The van der Waals surface area contributed by atoms with Crippen molar-refractivity contribution in [1.29, 1.82) is 0 Å². The molecule has 3 saturated carbocycles. The molecule has 1 nitrogen and oxygen atoms in total. The van der Waals surface area contributed by atoms with Gasteiger partial charge in [-0.3, -0.25) is 0 Å². The van der Waals surface area contributed by atoms with Gasteiger partial charge in [-0.1, -0.05) is 39.0 Å². The molecule has 1 heteroatoms. The second kappa shape index (κ2) is 5.30. The molecule has 2 bridgehead atoms. The van der Waals surface area contributed by atoms with Crippen molar-refractivity contribution >= 4 is 0 Å². The zero-order valence-electron chi connectivity index (χ0n) is 11.5. The summed E-state index contributed by atoms with van der Waals surface area (Å²) in [5.74, 6) is 4.28. The predicted octanol–water partition coefficient (Wildman–Crippen LogP) is 3.98. The Labute approximate surface area is 107 Å². The molecular weight excluding hydrogens is 206 g/mol. The second-order valence-electron chi connectivity index (χ2n) is 6.89. The van der Waals surface area contributed by atoms with E-state index in [1.165, 1.54) is 38.6 Å². The molecule has 0 saturated heterocycles. The van der Waals surface area contributed by atoms with Crippen LogP contribution in [0.1, 0.15) is 64.7 Å². The highest BCUT2D eigenvalue weighted by Crippen LogP contribution is 2.50. The molecule has 17 heavy (non-hydrogen) atoms. The minimum absolute atomic E-state index is 0.860. The van der Waals surface area contributed by atoms with Crippen molar-refractivity contribution in [2.45, 2.75) is 70.8 Å². The molecule has 0 aromatic rings. The lowest BCUT2D eigenvalue weighted by atomic mass is 9.79. The molecule has 4 unspecified atom stereocenters. The fourth-order valence-electron chi connectivity index (χ4n) is 5.06. The van der Waals surface area contributed by atoms with Crippen molar-refractivity contribution in [3.8, 4) is 0 Å². The van der Waals surface area contributed by atoms with Gasteiger partial charge in [0, 0.05) is 6.04 Å². The Balaban J connectivity index is 1.59. The highest BCUT2D eigenvalue weighted by molar-refractivity contribution is 4.96. The second-order valence-corrected chi connectivity index (χ2v) is 6.89. The molecule has 98 valence electrons. The van der Waals surface area contributed by atoms with Gasteiger partial charge in [0.15, 0.2) is 0 Å². The molecule has 0 spiro atoms. The van der Waals surface area contributed by atoms with E-state index in [1.807, 2.05) is 0 Å². The summed E-state index contributed by atoms with van der Waals surface area (Å²) in [7, 11) is 0. The summed E-state index contributed by atoms with van der Waals surface area (Å²) in [6.07, 6.45) is 13.7. The molecule has 0 radical (unpaired) electrons. The monoisotopic (exact) mass is 235 g/mol. The molecule has 1 N–H and O–H groups in total. The van der Waals surface area contributed by atoms with Gasteiger partial charge in [0.2, 0.25) is 0 Å². The lowest BCUT2D eigenvalue weighted by Crippen LogP contribution is -2.39. The fourth-order valence-corrected chi connectivity index (χ4v) is 5.06. The molecule has 0 aromatic heterocycles. The van der Waals surface area contributed by atoms with Crippen molar-refractivity contribution in [2.24, 2.45) is 23.7 Å². The SMILES string of the molecule is CCNC(CC1CCCC1)C1CC2CCC1C2. The summed E-state index contributed by atoms with van der Waals surface area (Å²) < 4.78 is 0. The van der Waals surface area contributed by atoms with E-state index in [-0.39, 0.29) is 0 Å². The van der Waals surface area contributed by atoms with E-state index >= 15 is 0 Å². The van der Waals surface area contributed by atoms with Gasteiger partial charge in [0.05, 0.1) is 0 Å². The Morgan fingerprint density at radius 2 is 1.88 bits per heavy atom. The van der Waals surface area contributed by atoms with Crippen LogP contribution < -0.4 is 5.32 Å². The van der Waals surface area contributed by atoms with Crippen molar-refractivity contribution < 1.29 is 0 Å². The fraction of sp³-hybridized carbons (Fsp3) is 1.00. The van der Waals surface area contributed by atoms with Gasteiger partial charge in [-0.15, -0.1) is 0 Å². The van der Waals surface area contributed by atoms with Gasteiger partial charge < -0.3 is 5.32 Å². The molecule has 0 aromatic carbocycles. The Morgan fingerprint density at radius 3 is 2.47 bits per heavy atom. The molecule has 3 fully saturated rings. The summed E-state index contributed by atoms with van der Waals surface area (Å²) in [5, 5.41) is 3.84. The topological polar surface area (TPSA) is 12.0 Å². The average molecular weight is 235 g/mol. The number of hydrogen-bond acceptors (Lipinski definition) is 1. The normalized spacial score (nSPS) is 39.0. The first-order chi connectivity index (χ1) is 8.36. The van der Waals surface area contributed by atoms with E-state index in [0.717, 1.165) is 29.7 Å². The van der Waals surface area contributed by atoms with Gasteiger partial charge >= 0.3 is 0 Å². The molecule has 3 aliphatic rings. The average Bonchev–Trinajstić information content (AvgIpc) is 3.05. The largest absolute Gasteiger partial charge is 0.314 e. The molecule has 0 aliphatic heterocycles. The first kappa shape index (κ1) is 12.0. The molecular formula is C16H29N. The summed E-state index contributed by atoms with van der Waals surface area (Å²) >= 11 is 0. The maximum atomic E-state index is 3.84. The van der Waals surface area contributed by atoms with E-state index in [1.54, 1.807) is 25.7 Å². The zero-order chi connectivity index (χ0) is 11.7. The smallest absolute Gasteiger partial charge is 0.0101 e. The van der Waals surface area contributed by atoms with Crippen LogP contribution in [0.15, 0.2) is 0 Å². The van der Waals surface area contributed by atoms with E-state index in [4.69, 9.17) is 0 Å². The third-order valence-corrected chi connectivity index (χ3v) is 5.84. The maximum absolute atomic E-state index is 3.84. The van der Waals surface area contributed by atoms with Crippen LogP contribution in [0.3, 0.4) is 0 Å². The molecule has 0 amide bonds. The maximum Gasteiger partial charge on any atom is 0.0101 e. The van der Waals surface area contributed by atoms with Gasteiger partial charge in [-0.05, 0) is 55.9 Å². The molecule has 4 atom stereocenters. The third kappa shape index (κ3) is 2.54. The van der Waals surface area contributed by atoms with Crippen molar-refractivity contribution in [3.05, 3.63) is 0 Å². The summed E-state index contributed by atoms with van der Waals surface area (Å²) in [5.41, 5.74) is 0. The highest BCUT2D eigenvalue weighted by atomic mass is 14.9. The van der Waals surface area contributed by atoms with Gasteiger partial charge in [-0.25, -0.2) is 0 Å². The Hall–Kier alpha value is -0.0400. The Bertz CT molecular complexity index is 244. The quantitative estimate of drug-likeness (QED) is 0.760. The minimum Gasteiger partial charge on any atom is -0.314 e. The van der Waals surface area contributed by atoms with Crippen LogP contribution >= 0.6 is 0 Å². The van der Waals surface area contributed by atoms with Crippen molar-refractivity contribution in [3.63, 3.8) is 0 Å². The number of fused-ring (bicyclic) bond motifs is 2. The van der Waals surface area contributed by atoms with Crippen LogP contribution in [0, 0.1) is 23.7 Å². The standard InChI is InChI=1S/C16H29N/c1-2-17-16(11-12-5-3-4-6-12)15-10-13-7-8-14(15)9-13/h12-17H,2-11H2,1H3. The highest BCUT2D eigenvalue weighted by Gasteiger charge is 2.43. The number of rotatable bonds is 5. The lowest BCUT2D eigenvalue weighted by molar-refractivity contribution is 0.219. The van der Waals surface area contributed by atoms with E-state index in [9.17, 15) is 0 Å². The van der Waals surface area contributed by atoms with Crippen LogP contribution in [0.4, 0.5) is 0 Å². The van der Waals surface area contributed by atoms with Crippen LogP contribution in [-0.2, 0) is 0 Å². The number of hydrogen-bond donors (Lipinski definition) is 1. The number of nitrogens with one attached hydrogen (secondary N) is 1. The lowest BCUT2D eigenvalue weighted by Gasteiger charge is -2.33. The van der Waals surface area contributed by atoms with Crippen molar-refractivity contribution in [2.75, 3.05) is 6.54 Å². The first-order valence-electron chi connectivity index (χ1n) is 8.10. The van der Waals surface area contributed by atoms with Gasteiger partial charge in [-0.2, -0.15) is 0 Å². The predicted molar refractivity (Wildman–Crippen MR) is 73.0 cm³/mol. The van der Waals surface area contributed by atoms with Crippen LogP contribution in [0.5, 0.6) is 0 Å². The van der Waals surface area contributed by atoms with E-state index in [0.29, 0.717) is 0 Å². The van der Waals surface area contributed by atoms with Crippen LogP contribution in [0.2, 0.25) is 0 Å². The van der Waals surface area contributed by atoms with Crippen molar-refractivity contribution in [1.82, 2.24) is 5.32 Å². The molecule has 0 heterocycles. The van der Waals surface area contributed by atoms with Crippen LogP contribution in [-0.4, -0.2) is 12.6 Å². The summed E-state index contributed by atoms with van der Waals surface area (Å²) in [4.78, 5) is 0. The third-order valence-electron chi connectivity index (χ3n) is 5.84. The van der Waals surface area contributed by atoms with Crippen LogP contribution in [0.25, 0.3) is 0 Å². The Morgan fingerprint density at radius 1 is 1.06 bits per heavy atom. The molecule has 3 rings (SSSR count). The summed E-state index contributed by atoms with van der Waals surface area (Å²) in [6, 6.07) is 0.860. The summed E-state index contributed by atoms with van der Waals surface area (Å²) in [6.45, 7) is 3.46. The van der Waals surface area contributed by atoms with E-state index in [2.05, 4.69) is 12.2 Å². The first-order valence-corrected chi connectivity index (χ1v) is 8.10. The minimum atomic E-state index is 0.860. The Kier molecular flexibility index (Phi) is 3.75. The molecule has 3 aliphatic carbocycles. The van der Waals surface area contributed by atoms with Gasteiger partial charge in [0.25, 0.3) is 0 Å².